The van der Waals surface area contributed by atoms with E-state index in [2.05, 4.69) is 19.2 Å². The van der Waals surface area contributed by atoms with Crippen LogP contribution in [-0.4, -0.2) is 32.0 Å². The van der Waals surface area contributed by atoms with Gasteiger partial charge in [0.1, 0.15) is 0 Å². The first-order valence-corrected chi connectivity index (χ1v) is 8.60. The highest BCUT2D eigenvalue weighted by Gasteiger charge is 2.15. The third kappa shape index (κ3) is 7.77. The molecule has 4 heteroatoms. The van der Waals surface area contributed by atoms with Crippen LogP contribution in [0.3, 0.4) is 0 Å². The molecule has 0 aliphatic carbocycles. The monoisotopic (exact) mass is 263 g/mol. The van der Waals surface area contributed by atoms with E-state index in [1.165, 1.54) is 12.8 Å². The molecule has 0 bridgehead atoms. The Hall–Kier alpha value is -0.0900. The van der Waals surface area contributed by atoms with Crippen molar-refractivity contribution >= 4 is 9.84 Å². The van der Waals surface area contributed by atoms with E-state index in [0.29, 0.717) is 11.8 Å². The van der Waals surface area contributed by atoms with Gasteiger partial charge in [-0.25, -0.2) is 8.42 Å². The fourth-order valence-corrected chi connectivity index (χ4v) is 2.99. The fourth-order valence-electron chi connectivity index (χ4n) is 1.92. The molecule has 0 aromatic heterocycles. The van der Waals surface area contributed by atoms with Crippen LogP contribution in [0.15, 0.2) is 0 Å². The maximum Gasteiger partial charge on any atom is 0.152 e. The van der Waals surface area contributed by atoms with Crippen molar-refractivity contribution in [2.45, 2.75) is 71.1 Å². The molecule has 0 saturated heterocycles. The second-order valence-corrected chi connectivity index (χ2v) is 7.63. The van der Waals surface area contributed by atoms with E-state index in [1.807, 2.05) is 0 Å². The van der Waals surface area contributed by atoms with Gasteiger partial charge in [0.15, 0.2) is 9.84 Å². The highest BCUT2D eigenvalue weighted by atomic mass is 32.2. The molecular weight excluding hydrogens is 234 g/mol. The van der Waals surface area contributed by atoms with E-state index in [-0.39, 0.29) is 5.25 Å². The highest BCUT2D eigenvalue weighted by molar-refractivity contribution is 7.91. The Morgan fingerprint density at radius 3 is 2.18 bits per heavy atom. The summed E-state index contributed by atoms with van der Waals surface area (Å²) in [5.74, 6) is 0.343. The second-order valence-electron chi connectivity index (χ2n) is 4.95. The molecule has 0 aromatic carbocycles. The molecule has 0 spiro atoms. The topological polar surface area (TPSA) is 46.2 Å². The summed E-state index contributed by atoms with van der Waals surface area (Å²) < 4.78 is 23.2. The van der Waals surface area contributed by atoms with Crippen LogP contribution in [0.1, 0.15) is 59.8 Å². The zero-order valence-electron chi connectivity index (χ0n) is 11.8. The van der Waals surface area contributed by atoms with Gasteiger partial charge in [-0.05, 0) is 39.7 Å². The van der Waals surface area contributed by atoms with Crippen LogP contribution in [0.25, 0.3) is 0 Å². The van der Waals surface area contributed by atoms with Gasteiger partial charge in [-0.2, -0.15) is 0 Å². The van der Waals surface area contributed by atoms with Crippen molar-refractivity contribution in [3.63, 3.8) is 0 Å². The largest absolute Gasteiger partial charge is 0.314 e. The molecule has 0 fully saturated rings. The number of rotatable bonds is 10. The predicted molar refractivity (Wildman–Crippen MR) is 75.1 cm³/mol. The molecule has 1 unspecified atom stereocenters. The Morgan fingerprint density at radius 1 is 1.06 bits per heavy atom. The summed E-state index contributed by atoms with van der Waals surface area (Å²) in [6.07, 6.45) is 5.26. The first-order chi connectivity index (χ1) is 7.94. The van der Waals surface area contributed by atoms with Crippen molar-refractivity contribution in [2.75, 3.05) is 12.3 Å². The highest BCUT2D eigenvalue weighted by Crippen LogP contribution is 2.10. The maximum atomic E-state index is 11.6. The van der Waals surface area contributed by atoms with Gasteiger partial charge in [0.05, 0.1) is 11.0 Å². The third-order valence-electron chi connectivity index (χ3n) is 3.08. The minimum Gasteiger partial charge on any atom is -0.314 e. The van der Waals surface area contributed by atoms with Crippen molar-refractivity contribution in [1.82, 2.24) is 5.32 Å². The Kier molecular flexibility index (Phi) is 8.88. The van der Waals surface area contributed by atoms with E-state index in [0.717, 1.165) is 25.8 Å². The number of hydrogen-bond acceptors (Lipinski definition) is 3. The van der Waals surface area contributed by atoms with E-state index in [9.17, 15) is 8.42 Å². The number of unbranched alkanes of at least 4 members (excludes halogenated alkanes) is 1. The summed E-state index contributed by atoms with van der Waals surface area (Å²) in [5.41, 5.74) is 0. The zero-order chi connectivity index (χ0) is 13.3. The SMILES string of the molecule is CCCC(CCCCS(=O)(=O)C(C)C)NCC. The van der Waals surface area contributed by atoms with Crippen LogP contribution in [0.4, 0.5) is 0 Å². The molecule has 0 heterocycles. The van der Waals surface area contributed by atoms with Crippen LogP contribution in [0, 0.1) is 0 Å². The molecule has 1 atom stereocenters. The van der Waals surface area contributed by atoms with Gasteiger partial charge in [0.25, 0.3) is 0 Å². The number of hydrogen-bond donors (Lipinski definition) is 1. The molecule has 0 radical (unpaired) electrons. The van der Waals surface area contributed by atoms with Gasteiger partial charge >= 0.3 is 0 Å². The molecule has 0 aliphatic heterocycles. The lowest BCUT2D eigenvalue weighted by atomic mass is 10.1. The van der Waals surface area contributed by atoms with Crippen LogP contribution < -0.4 is 5.32 Å². The Labute approximate surface area is 107 Å². The van der Waals surface area contributed by atoms with E-state index in [4.69, 9.17) is 0 Å². The van der Waals surface area contributed by atoms with Gasteiger partial charge in [0.2, 0.25) is 0 Å². The van der Waals surface area contributed by atoms with Crippen molar-refractivity contribution in [3.05, 3.63) is 0 Å². The van der Waals surface area contributed by atoms with Crippen molar-refractivity contribution in [2.24, 2.45) is 0 Å². The van der Waals surface area contributed by atoms with E-state index >= 15 is 0 Å². The second kappa shape index (κ2) is 8.92. The fraction of sp³-hybridized carbons (Fsp3) is 1.00. The van der Waals surface area contributed by atoms with Crippen LogP contribution in [0.5, 0.6) is 0 Å². The van der Waals surface area contributed by atoms with E-state index < -0.39 is 9.84 Å². The molecule has 0 aromatic rings. The Morgan fingerprint density at radius 2 is 1.71 bits per heavy atom. The minimum atomic E-state index is -2.84. The van der Waals surface area contributed by atoms with E-state index in [1.54, 1.807) is 13.8 Å². The summed E-state index contributed by atoms with van der Waals surface area (Å²) in [5, 5.41) is 3.22. The number of sulfone groups is 1. The minimum absolute atomic E-state index is 0.234. The smallest absolute Gasteiger partial charge is 0.152 e. The van der Waals surface area contributed by atoms with Gasteiger partial charge in [-0.1, -0.05) is 26.7 Å². The molecule has 0 amide bonds. The van der Waals surface area contributed by atoms with Crippen molar-refractivity contribution in [1.29, 1.82) is 0 Å². The molecule has 0 saturated carbocycles. The van der Waals surface area contributed by atoms with Gasteiger partial charge in [-0.3, -0.25) is 0 Å². The molecule has 104 valence electrons. The number of nitrogens with one attached hydrogen (secondary N) is 1. The first-order valence-electron chi connectivity index (χ1n) is 6.89. The first kappa shape index (κ1) is 16.9. The quantitative estimate of drug-likeness (QED) is 0.616. The lowest BCUT2D eigenvalue weighted by Gasteiger charge is -2.16. The lowest BCUT2D eigenvalue weighted by Crippen LogP contribution is -2.28. The van der Waals surface area contributed by atoms with Gasteiger partial charge in [0, 0.05) is 6.04 Å². The molecule has 0 aliphatic rings. The van der Waals surface area contributed by atoms with Crippen LogP contribution in [-0.2, 0) is 9.84 Å². The Bertz CT molecular complexity index is 267. The molecule has 3 nitrogen and oxygen atoms in total. The Balaban J connectivity index is 3.82. The van der Waals surface area contributed by atoms with Gasteiger partial charge < -0.3 is 5.32 Å². The normalized spacial score (nSPS) is 14.2. The summed E-state index contributed by atoms with van der Waals surface area (Å²) >= 11 is 0. The maximum absolute atomic E-state index is 11.6. The zero-order valence-corrected chi connectivity index (χ0v) is 12.6. The lowest BCUT2D eigenvalue weighted by molar-refractivity contribution is 0.445. The summed E-state index contributed by atoms with van der Waals surface area (Å²) in [4.78, 5) is 0. The summed E-state index contributed by atoms with van der Waals surface area (Å²) in [6.45, 7) is 8.82. The van der Waals surface area contributed by atoms with Crippen molar-refractivity contribution < 1.29 is 8.42 Å². The average Bonchev–Trinajstić information content (AvgIpc) is 2.24. The van der Waals surface area contributed by atoms with Gasteiger partial charge in [-0.15, -0.1) is 0 Å². The van der Waals surface area contributed by atoms with Crippen LogP contribution in [0.2, 0.25) is 0 Å². The van der Waals surface area contributed by atoms with Crippen LogP contribution >= 0.6 is 0 Å². The average molecular weight is 263 g/mol. The summed E-state index contributed by atoms with van der Waals surface area (Å²) in [6, 6.07) is 0.562. The summed E-state index contributed by atoms with van der Waals surface area (Å²) in [7, 11) is -2.84. The third-order valence-corrected chi connectivity index (χ3v) is 5.37. The standard InChI is InChI=1S/C13H29NO2S/c1-5-9-13(14-6-2)10-7-8-11-17(15,16)12(3)4/h12-14H,5-11H2,1-4H3. The molecule has 17 heavy (non-hydrogen) atoms. The van der Waals surface area contributed by atoms with Crippen molar-refractivity contribution in [3.8, 4) is 0 Å². The molecular formula is C13H29NO2S. The molecule has 1 N–H and O–H groups in total. The molecule has 0 rings (SSSR count). The predicted octanol–water partition coefficient (Wildman–Crippen LogP) is 2.76.